The minimum atomic E-state index is -0.130. The maximum absolute atomic E-state index is 12.8. The predicted molar refractivity (Wildman–Crippen MR) is 110 cm³/mol. The van der Waals surface area contributed by atoms with E-state index in [1.54, 1.807) is 0 Å². The van der Waals surface area contributed by atoms with E-state index in [4.69, 9.17) is 4.98 Å². The molecule has 5 heteroatoms. The van der Waals surface area contributed by atoms with Gasteiger partial charge in [0.1, 0.15) is 5.69 Å². The first kappa shape index (κ1) is 15.1. The van der Waals surface area contributed by atoms with Gasteiger partial charge in [-0.2, -0.15) is 0 Å². The number of hydrogen-bond donors (Lipinski definition) is 1. The third kappa shape index (κ3) is 2.04. The van der Waals surface area contributed by atoms with Crippen LogP contribution in [-0.2, 0) is 0 Å². The van der Waals surface area contributed by atoms with E-state index in [0.717, 1.165) is 44.7 Å². The first-order chi connectivity index (χ1) is 13.8. The summed E-state index contributed by atoms with van der Waals surface area (Å²) in [5, 5.41) is 5.20. The van der Waals surface area contributed by atoms with Crippen LogP contribution in [0.3, 0.4) is 0 Å². The van der Waals surface area contributed by atoms with Gasteiger partial charge in [0.2, 0.25) is 0 Å². The summed E-state index contributed by atoms with van der Waals surface area (Å²) in [6.45, 7) is 0. The lowest BCUT2D eigenvalue weighted by molar-refractivity contribution is 0.102. The average Bonchev–Trinajstić information content (AvgIpc) is 3.07. The summed E-state index contributed by atoms with van der Waals surface area (Å²) in [5.41, 5.74) is 4.58. The van der Waals surface area contributed by atoms with E-state index in [0.29, 0.717) is 5.56 Å². The summed E-state index contributed by atoms with van der Waals surface area (Å²) in [6, 6.07) is 23.6. The maximum atomic E-state index is 12.8. The number of amides is 1. The van der Waals surface area contributed by atoms with Crippen LogP contribution in [0.4, 0.5) is 5.69 Å². The van der Waals surface area contributed by atoms with Crippen molar-refractivity contribution in [3.8, 4) is 17.2 Å². The van der Waals surface area contributed by atoms with Crippen LogP contribution in [0.2, 0.25) is 0 Å². The molecule has 0 saturated heterocycles. The topological polar surface area (TPSA) is 59.8 Å². The quantitative estimate of drug-likeness (QED) is 0.466. The minimum Gasteiger partial charge on any atom is -0.320 e. The molecule has 1 N–H and O–H groups in total. The number of para-hydroxylation sites is 3. The number of carbonyl (C=O) groups excluding carboxylic acids is 1. The Bertz CT molecular complexity index is 1420. The van der Waals surface area contributed by atoms with E-state index in [-0.39, 0.29) is 5.91 Å². The van der Waals surface area contributed by atoms with Gasteiger partial charge in [-0.1, -0.05) is 42.5 Å². The highest BCUT2D eigenvalue weighted by Gasteiger charge is 2.25. The lowest BCUT2D eigenvalue weighted by Crippen LogP contribution is -2.10. The Labute approximate surface area is 160 Å². The third-order valence-corrected chi connectivity index (χ3v) is 5.17. The molecule has 6 rings (SSSR count). The number of fused-ring (bicyclic) bond motifs is 3. The van der Waals surface area contributed by atoms with Crippen LogP contribution >= 0.6 is 0 Å². The number of pyridine rings is 1. The third-order valence-electron chi connectivity index (χ3n) is 5.17. The number of hydrogen-bond acceptors (Lipinski definition) is 3. The molecule has 0 spiro atoms. The number of aromatic nitrogens is 3. The molecule has 1 amide bonds. The summed E-state index contributed by atoms with van der Waals surface area (Å²) in [7, 11) is 0. The highest BCUT2D eigenvalue weighted by molar-refractivity contribution is 6.14. The highest BCUT2D eigenvalue weighted by Crippen LogP contribution is 2.36. The molecule has 0 aliphatic carbocycles. The molecule has 0 radical (unpaired) electrons. The van der Waals surface area contributed by atoms with E-state index >= 15 is 0 Å². The number of rotatable bonds is 1. The van der Waals surface area contributed by atoms with Gasteiger partial charge in [0.05, 0.1) is 28.0 Å². The molecule has 5 nitrogen and oxygen atoms in total. The van der Waals surface area contributed by atoms with Crippen molar-refractivity contribution in [3.63, 3.8) is 0 Å². The van der Waals surface area contributed by atoms with Crippen molar-refractivity contribution in [2.75, 3.05) is 5.32 Å². The second kappa shape index (κ2) is 5.50. The molecule has 132 valence electrons. The molecule has 2 aromatic heterocycles. The Morgan fingerprint density at radius 3 is 2.61 bits per heavy atom. The normalized spacial score (nSPS) is 12.6. The van der Waals surface area contributed by atoms with E-state index in [2.05, 4.69) is 16.4 Å². The Hall–Kier alpha value is -3.99. The molecule has 1 aliphatic heterocycles. The number of carbonyl (C=O) groups is 1. The summed E-state index contributed by atoms with van der Waals surface area (Å²) in [5.74, 6) is 0.590. The first-order valence-corrected chi connectivity index (χ1v) is 9.07. The molecule has 1 aliphatic rings. The molecule has 28 heavy (non-hydrogen) atoms. The van der Waals surface area contributed by atoms with Crippen LogP contribution in [0.15, 0.2) is 79.0 Å². The Kier molecular flexibility index (Phi) is 2.97. The number of imidazole rings is 1. The van der Waals surface area contributed by atoms with Gasteiger partial charge in [-0.25, -0.2) is 4.98 Å². The second-order valence-corrected chi connectivity index (χ2v) is 6.83. The summed E-state index contributed by atoms with van der Waals surface area (Å²) in [6.07, 6.45) is 1.87. The van der Waals surface area contributed by atoms with E-state index in [1.807, 2.05) is 77.5 Å². The van der Waals surface area contributed by atoms with Crippen LogP contribution in [0.1, 0.15) is 10.4 Å². The molecule has 5 aromatic rings. The van der Waals surface area contributed by atoms with Crippen molar-refractivity contribution in [2.24, 2.45) is 0 Å². The summed E-state index contributed by atoms with van der Waals surface area (Å²) >= 11 is 0. The lowest BCUT2D eigenvalue weighted by atomic mass is 10.1. The minimum absolute atomic E-state index is 0.130. The molecular formula is C23H14N4O. The Morgan fingerprint density at radius 2 is 1.68 bits per heavy atom. The van der Waals surface area contributed by atoms with Crippen molar-refractivity contribution in [1.29, 1.82) is 0 Å². The number of nitrogens with zero attached hydrogens (tertiary/aromatic N) is 3. The van der Waals surface area contributed by atoms with Gasteiger partial charge in [0.25, 0.3) is 5.91 Å². The zero-order valence-corrected chi connectivity index (χ0v) is 14.8. The van der Waals surface area contributed by atoms with Crippen LogP contribution in [0, 0.1) is 0 Å². The molecule has 3 heterocycles. The second-order valence-electron chi connectivity index (χ2n) is 6.83. The van der Waals surface area contributed by atoms with Crippen LogP contribution in [-0.4, -0.2) is 20.4 Å². The lowest BCUT2D eigenvalue weighted by Gasteiger charge is -2.11. The monoisotopic (exact) mass is 362 g/mol. The average molecular weight is 362 g/mol. The zero-order chi connectivity index (χ0) is 18.7. The van der Waals surface area contributed by atoms with E-state index in [1.165, 1.54) is 0 Å². The molecule has 0 fully saturated rings. The smallest absolute Gasteiger partial charge is 0.257 e. The van der Waals surface area contributed by atoms with Gasteiger partial charge in [0, 0.05) is 11.6 Å². The Balaban J connectivity index is 1.75. The molecule has 3 aromatic carbocycles. The van der Waals surface area contributed by atoms with Gasteiger partial charge in [-0.15, -0.1) is 0 Å². The van der Waals surface area contributed by atoms with Gasteiger partial charge < -0.3 is 5.32 Å². The molecule has 0 atom stereocenters. The summed E-state index contributed by atoms with van der Waals surface area (Å²) < 4.78 is 2.04. The first-order valence-electron chi connectivity index (χ1n) is 9.07. The molecule has 0 bridgehead atoms. The molecule has 0 saturated carbocycles. The van der Waals surface area contributed by atoms with Crippen molar-refractivity contribution in [3.05, 3.63) is 84.6 Å². The van der Waals surface area contributed by atoms with Gasteiger partial charge in [0.15, 0.2) is 5.82 Å². The fourth-order valence-electron chi connectivity index (χ4n) is 3.89. The van der Waals surface area contributed by atoms with E-state index in [9.17, 15) is 4.79 Å². The molecular weight excluding hydrogens is 348 g/mol. The van der Waals surface area contributed by atoms with Gasteiger partial charge in [-0.05, 0) is 35.7 Å². The van der Waals surface area contributed by atoms with Crippen molar-refractivity contribution >= 4 is 33.4 Å². The summed E-state index contributed by atoms with van der Waals surface area (Å²) in [4.78, 5) is 22.3. The number of anilines is 1. The largest absolute Gasteiger partial charge is 0.320 e. The van der Waals surface area contributed by atoms with Crippen LogP contribution in [0.5, 0.6) is 0 Å². The van der Waals surface area contributed by atoms with Crippen LogP contribution < -0.4 is 5.32 Å². The number of nitrogens with one attached hydrogen (secondary N) is 1. The van der Waals surface area contributed by atoms with Crippen molar-refractivity contribution in [1.82, 2.24) is 14.5 Å². The van der Waals surface area contributed by atoms with E-state index < -0.39 is 0 Å². The highest BCUT2D eigenvalue weighted by atomic mass is 16.1. The molecule has 0 unspecified atom stereocenters. The maximum Gasteiger partial charge on any atom is 0.257 e. The standard InChI is InChI=1S/C23H14N4O/c28-23-16-8-5-10-18-21(16)27(20-11-4-3-9-17(20)26-23)22(25-18)19-12-14-6-1-2-7-15(14)13-24-19/h1-13H,(H,26,28). The van der Waals surface area contributed by atoms with Gasteiger partial charge >= 0.3 is 0 Å². The number of benzene rings is 3. The van der Waals surface area contributed by atoms with Crippen molar-refractivity contribution < 1.29 is 4.79 Å². The zero-order valence-electron chi connectivity index (χ0n) is 14.8. The fourth-order valence-corrected chi connectivity index (χ4v) is 3.89. The van der Waals surface area contributed by atoms with Gasteiger partial charge in [-0.3, -0.25) is 14.3 Å². The van der Waals surface area contributed by atoms with Crippen molar-refractivity contribution in [2.45, 2.75) is 0 Å². The Morgan fingerprint density at radius 1 is 0.857 bits per heavy atom. The predicted octanol–water partition coefficient (Wildman–Crippen LogP) is 4.81. The van der Waals surface area contributed by atoms with Crippen LogP contribution in [0.25, 0.3) is 39.0 Å². The SMILES string of the molecule is O=C1Nc2ccccc2-n2c(-c3cc4ccccc4cn3)nc3cccc1c32. The fraction of sp³-hybridized carbons (Fsp3) is 0.